The molecular formula is C22H25BrO7S. The molecule has 3 N–H and O–H groups in total. The maximum absolute atomic E-state index is 11.9. The van der Waals surface area contributed by atoms with E-state index in [1.54, 1.807) is 12.1 Å². The normalized spacial score (nSPS) is 31.3. The molecule has 0 radical (unpaired) electrons. The molecule has 2 aromatic carbocycles. The van der Waals surface area contributed by atoms with Crippen molar-refractivity contribution >= 4 is 25.8 Å². The molecule has 9 heteroatoms. The predicted octanol–water partition coefficient (Wildman–Crippen LogP) is 1.77. The van der Waals surface area contributed by atoms with Crippen LogP contribution in [0.5, 0.6) is 0 Å². The fraction of sp³-hybridized carbons (Fsp3) is 0.455. The summed E-state index contributed by atoms with van der Waals surface area (Å²) in [6, 6.07) is 13.6. The van der Waals surface area contributed by atoms with Gasteiger partial charge in [0.1, 0.15) is 29.4 Å². The van der Waals surface area contributed by atoms with Crippen molar-refractivity contribution in [1.82, 2.24) is 0 Å². The van der Waals surface area contributed by atoms with Gasteiger partial charge in [-0.2, -0.15) is 0 Å². The standard InChI is InChI=1S/C22H25BrO7S/c1-31(27,28)22-19(26)17(24)18(25)20(30-22)15-6-2-12(3-7-15)10-13-4-5-14-8-9-29-21(23)16(14)11-13/h2-7,11,17-22,24-26H,8-10H2,1H3/t17-,18-,19+,20+,21?,22-/m1/s1. The zero-order valence-electron chi connectivity index (χ0n) is 16.9. The van der Waals surface area contributed by atoms with Crippen LogP contribution in [-0.4, -0.2) is 60.3 Å². The third-order valence-electron chi connectivity index (χ3n) is 5.80. The van der Waals surface area contributed by atoms with Crippen LogP contribution in [0.1, 0.15) is 38.9 Å². The van der Waals surface area contributed by atoms with E-state index in [1.807, 2.05) is 12.1 Å². The summed E-state index contributed by atoms with van der Waals surface area (Å²) in [5.74, 6) is 0. The lowest BCUT2D eigenvalue weighted by Gasteiger charge is -2.40. The van der Waals surface area contributed by atoms with Gasteiger partial charge < -0.3 is 24.8 Å². The van der Waals surface area contributed by atoms with E-state index in [2.05, 4.69) is 34.1 Å². The summed E-state index contributed by atoms with van der Waals surface area (Å²) < 4.78 is 35.0. The molecule has 0 bridgehead atoms. The number of hydrogen-bond acceptors (Lipinski definition) is 7. The van der Waals surface area contributed by atoms with Gasteiger partial charge in [-0.3, -0.25) is 0 Å². The predicted molar refractivity (Wildman–Crippen MR) is 117 cm³/mol. The summed E-state index contributed by atoms with van der Waals surface area (Å²) >= 11 is 3.55. The molecule has 1 saturated heterocycles. The summed E-state index contributed by atoms with van der Waals surface area (Å²) in [4.78, 5) is 0. The Hall–Kier alpha value is -1.33. The van der Waals surface area contributed by atoms with E-state index >= 15 is 0 Å². The van der Waals surface area contributed by atoms with Crippen LogP contribution in [0.15, 0.2) is 42.5 Å². The highest BCUT2D eigenvalue weighted by Gasteiger charge is 2.48. The fourth-order valence-electron chi connectivity index (χ4n) is 4.09. The first-order valence-electron chi connectivity index (χ1n) is 10.00. The fourth-order valence-corrected chi connectivity index (χ4v) is 5.70. The van der Waals surface area contributed by atoms with E-state index < -0.39 is 39.7 Å². The Bertz CT molecular complexity index is 1040. The average Bonchev–Trinajstić information content (AvgIpc) is 2.73. The van der Waals surface area contributed by atoms with Crippen LogP contribution in [0.4, 0.5) is 0 Å². The first-order valence-corrected chi connectivity index (χ1v) is 12.9. The first-order chi connectivity index (χ1) is 14.6. The highest BCUT2D eigenvalue weighted by atomic mass is 79.9. The number of alkyl halides is 1. The van der Waals surface area contributed by atoms with Crippen molar-refractivity contribution in [3.05, 3.63) is 70.3 Å². The Morgan fingerprint density at radius 3 is 2.35 bits per heavy atom. The first kappa shape index (κ1) is 22.8. The lowest BCUT2D eigenvalue weighted by molar-refractivity contribution is -0.202. The number of aliphatic hydroxyl groups excluding tert-OH is 3. The van der Waals surface area contributed by atoms with Crippen LogP contribution in [0.2, 0.25) is 0 Å². The summed E-state index contributed by atoms with van der Waals surface area (Å²) in [7, 11) is -3.79. The zero-order valence-corrected chi connectivity index (χ0v) is 19.3. The molecule has 0 amide bonds. The number of rotatable bonds is 4. The van der Waals surface area contributed by atoms with Crippen molar-refractivity contribution in [2.75, 3.05) is 12.9 Å². The molecule has 7 nitrogen and oxygen atoms in total. The Kier molecular flexibility index (Phi) is 6.56. The minimum absolute atomic E-state index is 0.104. The van der Waals surface area contributed by atoms with Gasteiger partial charge >= 0.3 is 0 Å². The molecule has 4 rings (SSSR count). The monoisotopic (exact) mass is 512 g/mol. The molecular weight excluding hydrogens is 488 g/mol. The van der Waals surface area contributed by atoms with Gasteiger partial charge in [-0.25, -0.2) is 8.42 Å². The second-order valence-electron chi connectivity index (χ2n) is 8.11. The molecule has 2 aliphatic heterocycles. The van der Waals surface area contributed by atoms with Crippen LogP contribution < -0.4 is 0 Å². The Labute approximate surface area is 189 Å². The van der Waals surface area contributed by atoms with E-state index in [0.717, 1.165) is 29.4 Å². The largest absolute Gasteiger partial charge is 0.387 e. The number of ether oxygens (including phenoxy) is 2. The molecule has 2 aliphatic rings. The molecule has 6 atom stereocenters. The number of halogens is 1. The number of hydrogen-bond donors (Lipinski definition) is 3. The van der Waals surface area contributed by atoms with Crippen LogP contribution >= 0.6 is 15.9 Å². The lowest BCUT2D eigenvalue weighted by Crippen LogP contribution is -2.56. The van der Waals surface area contributed by atoms with Crippen LogP contribution in [0, 0.1) is 0 Å². The molecule has 2 aromatic rings. The molecule has 168 valence electrons. The maximum Gasteiger partial charge on any atom is 0.187 e. The van der Waals surface area contributed by atoms with E-state index in [1.165, 1.54) is 5.56 Å². The van der Waals surface area contributed by atoms with Crippen LogP contribution in [0.25, 0.3) is 0 Å². The minimum Gasteiger partial charge on any atom is -0.387 e. The number of sulfone groups is 1. The summed E-state index contributed by atoms with van der Waals surface area (Å²) in [6.45, 7) is 0.699. The van der Waals surface area contributed by atoms with Crippen molar-refractivity contribution < 1.29 is 33.2 Å². The van der Waals surface area contributed by atoms with Crippen molar-refractivity contribution in [1.29, 1.82) is 0 Å². The molecule has 0 aliphatic carbocycles. The van der Waals surface area contributed by atoms with Crippen molar-refractivity contribution in [2.45, 2.75) is 47.7 Å². The van der Waals surface area contributed by atoms with E-state index in [4.69, 9.17) is 9.47 Å². The van der Waals surface area contributed by atoms with E-state index in [0.29, 0.717) is 18.6 Å². The second kappa shape index (κ2) is 8.90. The van der Waals surface area contributed by atoms with Gasteiger partial charge in [0.05, 0.1) is 6.61 Å². The molecule has 0 spiro atoms. The van der Waals surface area contributed by atoms with Gasteiger partial charge in [0, 0.05) is 6.26 Å². The number of fused-ring (bicyclic) bond motifs is 1. The Morgan fingerprint density at radius 2 is 1.68 bits per heavy atom. The molecule has 0 saturated carbocycles. The summed E-state index contributed by atoms with van der Waals surface area (Å²) in [5.41, 5.74) is 3.49. The highest BCUT2D eigenvalue weighted by Crippen LogP contribution is 2.35. The maximum atomic E-state index is 11.9. The molecule has 31 heavy (non-hydrogen) atoms. The minimum atomic E-state index is -3.79. The summed E-state index contributed by atoms with van der Waals surface area (Å²) in [5, 5.41) is 30.4. The lowest BCUT2D eigenvalue weighted by atomic mass is 9.93. The molecule has 1 unspecified atom stereocenters. The smallest absolute Gasteiger partial charge is 0.187 e. The zero-order chi connectivity index (χ0) is 22.3. The van der Waals surface area contributed by atoms with Gasteiger partial charge in [-0.05, 0) is 40.7 Å². The quantitative estimate of drug-likeness (QED) is 0.535. The summed E-state index contributed by atoms with van der Waals surface area (Å²) in [6.07, 6.45) is -3.36. The van der Waals surface area contributed by atoms with Gasteiger partial charge in [0.2, 0.25) is 0 Å². The Balaban J connectivity index is 1.52. The van der Waals surface area contributed by atoms with Crippen LogP contribution in [-0.2, 0) is 32.2 Å². The average molecular weight is 513 g/mol. The topological polar surface area (TPSA) is 113 Å². The van der Waals surface area contributed by atoms with Gasteiger partial charge in [-0.1, -0.05) is 58.4 Å². The second-order valence-corrected chi connectivity index (χ2v) is 11.1. The highest BCUT2D eigenvalue weighted by molar-refractivity contribution is 9.09. The van der Waals surface area contributed by atoms with E-state index in [-0.39, 0.29) is 5.01 Å². The van der Waals surface area contributed by atoms with Crippen molar-refractivity contribution in [3.63, 3.8) is 0 Å². The number of benzene rings is 2. The Morgan fingerprint density at radius 1 is 1.00 bits per heavy atom. The molecule has 1 fully saturated rings. The van der Waals surface area contributed by atoms with E-state index in [9.17, 15) is 23.7 Å². The SMILES string of the molecule is CS(=O)(=O)[C@H]1O[C@@H](c2ccc(Cc3ccc4c(c3)C(Br)OCC4)cc2)[C@H](O)[C@@H](O)[C@@H]1O. The van der Waals surface area contributed by atoms with Crippen LogP contribution in [0.3, 0.4) is 0 Å². The third kappa shape index (κ3) is 4.73. The molecule has 2 heterocycles. The van der Waals surface area contributed by atoms with Crippen molar-refractivity contribution in [2.24, 2.45) is 0 Å². The number of aliphatic hydroxyl groups is 3. The van der Waals surface area contributed by atoms with Gasteiger partial charge in [0.15, 0.2) is 15.3 Å². The van der Waals surface area contributed by atoms with Gasteiger partial charge in [0.25, 0.3) is 0 Å². The van der Waals surface area contributed by atoms with Gasteiger partial charge in [-0.15, -0.1) is 0 Å². The third-order valence-corrected chi connectivity index (χ3v) is 7.79. The van der Waals surface area contributed by atoms with Crippen molar-refractivity contribution in [3.8, 4) is 0 Å². The molecule has 0 aromatic heterocycles.